The number of nitrogens with one attached hydrogen (secondary N) is 1. The van der Waals surface area contributed by atoms with Crippen molar-refractivity contribution in [2.75, 3.05) is 40.0 Å². The highest BCUT2D eigenvalue weighted by molar-refractivity contribution is 6.03. The lowest BCUT2D eigenvalue weighted by Crippen LogP contribution is -2.40. The van der Waals surface area contributed by atoms with Crippen molar-refractivity contribution in [2.45, 2.75) is 6.42 Å². The Morgan fingerprint density at radius 1 is 1.10 bits per heavy atom. The first-order valence-electron chi connectivity index (χ1n) is 10.4. The maximum atomic E-state index is 13.0. The van der Waals surface area contributed by atoms with Crippen LogP contribution in [0.25, 0.3) is 22.0 Å². The van der Waals surface area contributed by atoms with Gasteiger partial charge in [0.05, 0.1) is 25.8 Å². The van der Waals surface area contributed by atoms with Gasteiger partial charge in [-0.2, -0.15) is 0 Å². The Morgan fingerprint density at radius 3 is 2.74 bits per heavy atom. The van der Waals surface area contributed by atoms with Gasteiger partial charge < -0.3 is 19.7 Å². The first kappa shape index (κ1) is 19.5. The monoisotopic (exact) mass is 417 g/mol. The molecule has 0 unspecified atom stereocenters. The van der Waals surface area contributed by atoms with Gasteiger partial charge in [0.2, 0.25) is 5.88 Å². The third-order valence-corrected chi connectivity index (χ3v) is 5.88. The second-order valence-corrected chi connectivity index (χ2v) is 7.73. The molecule has 0 radical (unpaired) electrons. The molecule has 0 atom stereocenters. The van der Waals surface area contributed by atoms with Gasteiger partial charge in [0, 0.05) is 42.2 Å². The minimum Gasteiger partial charge on any atom is -0.481 e. The summed E-state index contributed by atoms with van der Waals surface area (Å²) in [5.74, 6) is 0.461. The molecule has 2 aliphatic heterocycles. The van der Waals surface area contributed by atoms with Crippen LogP contribution in [0.15, 0.2) is 42.5 Å². The van der Waals surface area contributed by atoms with Gasteiger partial charge in [-0.3, -0.25) is 9.59 Å². The first-order valence-corrected chi connectivity index (χ1v) is 10.4. The standard InChI is InChI=1S/C24H23N3O4/c1-30-22-14-19(15-2-4-18-16(12-15)6-7-25-23(18)28)20-13-17(3-5-21(20)26-22)24(29)27-8-10-31-11-9-27/h2-5,12-14H,6-11H2,1H3,(H,25,28). The summed E-state index contributed by atoms with van der Waals surface area (Å²) in [5.41, 5.74) is 5.00. The summed E-state index contributed by atoms with van der Waals surface area (Å²) in [4.78, 5) is 31.5. The molecule has 31 heavy (non-hydrogen) atoms. The van der Waals surface area contributed by atoms with E-state index in [1.165, 1.54) is 0 Å². The number of rotatable bonds is 3. The van der Waals surface area contributed by atoms with Crippen molar-refractivity contribution in [3.05, 3.63) is 59.2 Å². The zero-order valence-corrected chi connectivity index (χ0v) is 17.3. The molecule has 7 nitrogen and oxygen atoms in total. The maximum Gasteiger partial charge on any atom is 0.254 e. The van der Waals surface area contributed by atoms with Crippen LogP contribution in [0.1, 0.15) is 26.3 Å². The van der Waals surface area contributed by atoms with E-state index in [4.69, 9.17) is 9.47 Å². The molecule has 0 aliphatic carbocycles. The number of amides is 2. The molecule has 0 saturated carbocycles. The van der Waals surface area contributed by atoms with Gasteiger partial charge in [-0.05, 0) is 47.4 Å². The number of benzene rings is 2. The molecule has 0 spiro atoms. The third kappa shape index (κ3) is 3.61. The fourth-order valence-electron chi connectivity index (χ4n) is 4.22. The molecule has 2 amide bonds. The van der Waals surface area contributed by atoms with Crippen molar-refractivity contribution in [1.82, 2.24) is 15.2 Å². The van der Waals surface area contributed by atoms with Crippen LogP contribution in [0.2, 0.25) is 0 Å². The molecule has 7 heteroatoms. The maximum absolute atomic E-state index is 13.0. The molecule has 3 heterocycles. The van der Waals surface area contributed by atoms with Gasteiger partial charge in [-0.1, -0.05) is 12.1 Å². The highest BCUT2D eigenvalue weighted by atomic mass is 16.5. The van der Waals surface area contributed by atoms with E-state index in [-0.39, 0.29) is 11.8 Å². The number of pyridine rings is 1. The summed E-state index contributed by atoms with van der Waals surface area (Å²) in [6.07, 6.45) is 0.788. The van der Waals surface area contributed by atoms with Crippen molar-refractivity contribution in [1.29, 1.82) is 0 Å². The lowest BCUT2D eigenvalue weighted by atomic mass is 9.93. The third-order valence-electron chi connectivity index (χ3n) is 5.88. The summed E-state index contributed by atoms with van der Waals surface area (Å²) in [7, 11) is 1.59. The van der Waals surface area contributed by atoms with E-state index >= 15 is 0 Å². The van der Waals surface area contributed by atoms with Crippen molar-refractivity contribution in [3.63, 3.8) is 0 Å². The largest absolute Gasteiger partial charge is 0.481 e. The topological polar surface area (TPSA) is 80.8 Å². The summed E-state index contributed by atoms with van der Waals surface area (Å²) >= 11 is 0. The molecule has 2 aromatic carbocycles. The zero-order valence-electron chi connectivity index (χ0n) is 17.3. The van der Waals surface area contributed by atoms with Gasteiger partial charge in [-0.25, -0.2) is 4.98 Å². The molecule has 158 valence electrons. The Hall–Kier alpha value is -3.45. The molecule has 1 aromatic heterocycles. The van der Waals surface area contributed by atoms with Crippen LogP contribution in [-0.4, -0.2) is 61.7 Å². The number of methoxy groups -OCH3 is 1. The fourth-order valence-corrected chi connectivity index (χ4v) is 4.22. The summed E-state index contributed by atoms with van der Waals surface area (Å²) < 4.78 is 10.8. The van der Waals surface area contributed by atoms with E-state index < -0.39 is 0 Å². The van der Waals surface area contributed by atoms with E-state index in [0.29, 0.717) is 49.9 Å². The number of morpholine rings is 1. The van der Waals surface area contributed by atoms with Crippen molar-refractivity contribution in [3.8, 4) is 17.0 Å². The van der Waals surface area contributed by atoms with Gasteiger partial charge in [0.1, 0.15) is 0 Å². The molecular weight excluding hydrogens is 394 g/mol. The van der Waals surface area contributed by atoms with Crippen LogP contribution < -0.4 is 10.1 Å². The lowest BCUT2D eigenvalue weighted by Gasteiger charge is -2.27. The number of fused-ring (bicyclic) bond motifs is 2. The van der Waals surface area contributed by atoms with Crippen LogP contribution in [0.5, 0.6) is 5.88 Å². The minimum absolute atomic E-state index is 0.00548. The Labute approximate surface area is 180 Å². The molecule has 3 aromatic rings. The summed E-state index contributed by atoms with van der Waals surface area (Å²) in [5, 5.41) is 3.75. The number of carbonyl (C=O) groups is 2. The SMILES string of the molecule is COc1cc(-c2ccc3c(c2)CCNC3=O)c2cc(C(=O)N3CCOCC3)ccc2n1. The normalized spacial score (nSPS) is 16.0. The lowest BCUT2D eigenvalue weighted by molar-refractivity contribution is 0.0303. The molecule has 2 aliphatic rings. The van der Waals surface area contributed by atoms with E-state index in [2.05, 4.69) is 16.4 Å². The molecule has 1 fully saturated rings. The van der Waals surface area contributed by atoms with Crippen LogP contribution in [0.4, 0.5) is 0 Å². The van der Waals surface area contributed by atoms with Crippen molar-refractivity contribution < 1.29 is 19.1 Å². The number of carbonyl (C=O) groups excluding carboxylic acids is 2. The molecule has 1 saturated heterocycles. The fraction of sp³-hybridized carbons (Fsp3) is 0.292. The van der Waals surface area contributed by atoms with E-state index in [9.17, 15) is 9.59 Å². The molecule has 1 N–H and O–H groups in total. The van der Waals surface area contributed by atoms with Gasteiger partial charge in [-0.15, -0.1) is 0 Å². The molecule has 5 rings (SSSR count). The Kier molecular flexibility index (Phi) is 5.03. The average Bonchev–Trinajstić information content (AvgIpc) is 2.83. The minimum atomic E-state index is -0.0386. The number of ether oxygens (including phenoxy) is 2. The Balaban J connectivity index is 1.62. The summed E-state index contributed by atoms with van der Waals surface area (Å²) in [6, 6.07) is 13.3. The Morgan fingerprint density at radius 2 is 1.94 bits per heavy atom. The highest BCUT2D eigenvalue weighted by Crippen LogP contribution is 2.33. The number of nitrogens with zero attached hydrogens (tertiary/aromatic N) is 2. The first-order chi connectivity index (χ1) is 15.1. The van der Waals surface area contributed by atoms with E-state index in [1.54, 1.807) is 7.11 Å². The highest BCUT2D eigenvalue weighted by Gasteiger charge is 2.21. The van der Waals surface area contributed by atoms with Crippen molar-refractivity contribution >= 4 is 22.7 Å². The molecule has 0 bridgehead atoms. The number of aromatic nitrogens is 1. The van der Waals surface area contributed by atoms with Gasteiger partial charge in [0.25, 0.3) is 11.8 Å². The average molecular weight is 417 g/mol. The van der Waals surface area contributed by atoms with Gasteiger partial charge >= 0.3 is 0 Å². The van der Waals surface area contributed by atoms with Crippen LogP contribution in [0.3, 0.4) is 0 Å². The van der Waals surface area contributed by atoms with E-state index in [1.807, 2.05) is 41.3 Å². The quantitative estimate of drug-likeness (QED) is 0.709. The van der Waals surface area contributed by atoms with E-state index in [0.717, 1.165) is 34.0 Å². The van der Waals surface area contributed by atoms with Crippen LogP contribution in [-0.2, 0) is 11.2 Å². The van der Waals surface area contributed by atoms with Crippen molar-refractivity contribution in [2.24, 2.45) is 0 Å². The second kappa shape index (κ2) is 8.00. The number of hydrogen-bond donors (Lipinski definition) is 1. The predicted molar refractivity (Wildman–Crippen MR) is 116 cm³/mol. The zero-order chi connectivity index (χ0) is 21.4. The Bertz CT molecular complexity index is 1180. The molecular formula is C24H23N3O4. The number of hydrogen-bond acceptors (Lipinski definition) is 5. The van der Waals surface area contributed by atoms with Gasteiger partial charge in [0.15, 0.2) is 0 Å². The summed E-state index contributed by atoms with van der Waals surface area (Å²) in [6.45, 7) is 2.95. The smallest absolute Gasteiger partial charge is 0.254 e. The van der Waals surface area contributed by atoms with Crippen LogP contribution in [0, 0.1) is 0 Å². The van der Waals surface area contributed by atoms with Crippen LogP contribution >= 0.6 is 0 Å². The second-order valence-electron chi connectivity index (χ2n) is 7.73. The predicted octanol–water partition coefficient (Wildman–Crippen LogP) is 2.67.